The molecule has 0 aliphatic carbocycles. The van der Waals surface area contributed by atoms with Gasteiger partial charge in [-0.25, -0.2) is 4.98 Å². The van der Waals surface area contributed by atoms with Crippen molar-refractivity contribution in [3.05, 3.63) is 16.1 Å². The molecule has 0 fully saturated rings. The van der Waals surface area contributed by atoms with E-state index >= 15 is 0 Å². The molecule has 4 nitrogen and oxygen atoms in total. The minimum Gasteiger partial charge on any atom is -0.370 e. The van der Waals surface area contributed by atoms with Gasteiger partial charge < -0.3 is 10.6 Å². The van der Waals surface area contributed by atoms with Crippen LogP contribution in [0.2, 0.25) is 0 Å². The minimum absolute atomic E-state index is 0.641. The number of nitrogens with two attached hydrogens (primary N) is 1. The largest absolute Gasteiger partial charge is 0.370 e. The Morgan fingerprint density at radius 2 is 2.12 bits per heavy atom. The second kappa shape index (κ2) is 7.27. The van der Waals surface area contributed by atoms with Gasteiger partial charge in [0.15, 0.2) is 5.96 Å². The molecule has 1 rings (SSSR count). The first-order valence-electron chi connectivity index (χ1n) is 6.19. The van der Waals surface area contributed by atoms with Crippen molar-refractivity contribution in [3.8, 4) is 0 Å². The standard InChI is InChI=1S/C12H22N4S/c1-4-10-9-15-11(17-10)7-8-14-12(13)16(5-2)6-3/h9H,4-8H2,1-3H3,(H2,13,14). The van der Waals surface area contributed by atoms with E-state index in [2.05, 4.69) is 35.6 Å². The van der Waals surface area contributed by atoms with Crippen LogP contribution in [0.25, 0.3) is 0 Å². The van der Waals surface area contributed by atoms with Crippen LogP contribution in [0.5, 0.6) is 0 Å². The van der Waals surface area contributed by atoms with Gasteiger partial charge in [0.1, 0.15) is 0 Å². The van der Waals surface area contributed by atoms with Crippen molar-refractivity contribution in [3.63, 3.8) is 0 Å². The first kappa shape index (κ1) is 14.0. The molecule has 0 amide bonds. The number of hydrogen-bond donors (Lipinski definition) is 1. The van der Waals surface area contributed by atoms with Gasteiger partial charge in [-0.3, -0.25) is 4.99 Å². The van der Waals surface area contributed by atoms with Crippen molar-refractivity contribution in [2.24, 2.45) is 10.7 Å². The molecule has 0 aromatic carbocycles. The molecule has 0 aliphatic heterocycles. The summed E-state index contributed by atoms with van der Waals surface area (Å²) in [7, 11) is 0. The third kappa shape index (κ3) is 4.34. The van der Waals surface area contributed by atoms with Gasteiger partial charge in [0.25, 0.3) is 0 Å². The molecule has 1 heterocycles. The molecule has 0 bridgehead atoms. The van der Waals surface area contributed by atoms with Crippen molar-refractivity contribution >= 4 is 17.3 Å². The lowest BCUT2D eigenvalue weighted by molar-refractivity contribution is 0.458. The van der Waals surface area contributed by atoms with E-state index in [4.69, 9.17) is 5.73 Å². The zero-order chi connectivity index (χ0) is 12.7. The van der Waals surface area contributed by atoms with Crippen molar-refractivity contribution in [2.45, 2.75) is 33.6 Å². The predicted molar refractivity (Wildman–Crippen MR) is 74.6 cm³/mol. The Hall–Kier alpha value is -1.10. The Morgan fingerprint density at radius 1 is 1.41 bits per heavy atom. The summed E-state index contributed by atoms with van der Waals surface area (Å²) in [6.07, 6.45) is 3.90. The van der Waals surface area contributed by atoms with Gasteiger partial charge in [0.05, 0.1) is 5.01 Å². The normalized spacial score (nSPS) is 11.8. The van der Waals surface area contributed by atoms with Gasteiger partial charge in [-0.05, 0) is 20.3 Å². The molecule has 0 atom stereocenters. The van der Waals surface area contributed by atoms with Gasteiger partial charge in [-0.15, -0.1) is 11.3 Å². The quantitative estimate of drug-likeness (QED) is 0.623. The summed E-state index contributed by atoms with van der Waals surface area (Å²) in [5.74, 6) is 0.641. The Labute approximate surface area is 108 Å². The topological polar surface area (TPSA) is 54.5 Å². The summed E-state index contributed by atoms with van der Waals surface area (Å²) < 4.78 is 0. The molecule has 0 radical (unpaired) electrons. The van der Waals surface area contributed by atoms with E-state index < -0.39 is 0 Å². The minimum atomic E-state index is 0.641. The lowest BCUT2D eigenvalue weighted by Crippen LogP contribution is -2.37. The summed E-state index contributed by atoms with van der Waals surface area (Å²) in [5, 5.41) is 1.15. The second-order valence-electron chi connectivity index (χ2n) is 3.74. The number of thiazole rings is 1. The zero-order valence-electron chi connectivity index (χ0n) is 10.9. The van der Waals surface area contributed by atoms with Crippen LogP contribution in [0.1, 0.15) is 30.7 Å². The third-order valence-corrected chi connectivity index (χ3v) is 3.84. The molecule has 1 aromatic heterocycles. The van der Waals surface area contributed by atoms with Crippen LogP contribution >= 0.6 is 11.3 Å². The Bertz CT molecular complexity index is 355. The molecule has 0 aliphatic rings. The van der Waals surface area contributed by atoms with Crippen molar-refractivity contribution in [1.29, 1.82) is 0 Å². The highest BCUT2D eigenvalue weighted by Crippen LogP contribution is 2.13. The molecular weight excluding hydrogens is 232 g/mol. The predicted octanol–water partition coefficient (Wildman–Crippen LogP) is 1.90. The summed E-state index contributed by atoms with van der Waals surface area (Å²) >= 11 is 1.77. The number of aromatic nitrogens is 1. The maximum atomic E-state index is 5.89. The van der Waals surface area contributed by atoms with Crippen LogP contribution < -0.4 is 5.73 Å². The van der Waals surface area contributed by atoms with Crippen LogP contribution in [-0.2, 0) is 12.8 Å². The lowest BCUT2D eigenvalue weighted by atomic mass is 10.4. The highest BCUT2D eigenvalue weighted by atomic mass is 32.1. The molecule has 0 saturated carbocycles. The van der Waals surface area contributed by atoms with Gasteiger partial charge in [-0.1, -0.05) is 6.92 Å². The fourth-order valence-corrected chi connectivity index (χ4v) is 2.39. The van der Waals surface area contributed by atoms with Crippen LogP contribution in [0, 0.1) is 0 Å². The maximum absolute atomic E-state index is 5.89. The molecule has 0 saturated heterocycles. The highest BCUT2D eigenvalue weighted by Gasteiger charge is 2.03. The molecule has 96 valence electrons. The number of nitrogens with zero attached hydrogens (tertiary/aromatic N) is 3. The van der Waals surface area contributed by atoms with Crippen molar-refractivity contribution in [2.75, 3.05) is 19.6 Å². The van der Waals surface area contributed by atoms with E-state index in [0.29, 0.717) is 5.96 Å². The molecule has 0 unspecified atom stereocenters. The molecule has 5 heteroatoms. The first-order valence-corrected chi connectivity index (χ1v) is 7.01. The van der Waals surface area contributed by atoms with Gasteiger partial charge in [-0.2, -0.15) is 0 Å². The van der Waals surface area contributed by atoms with Crippen LogP contribution in [-0.4, -0.2) is 35.5 Å². The fraction of sp³-hybridized carbons (Fsp3) is 0.667. The second-order valence-corrected chi connectivity index (χ2v) is 4.94. The smallest absolute Gasteiger partial charge is 0.191 e. The Kier molecular flexibility index (Phi) is 5.97. The molecular formula is C12H22N4S. The van der Waals surface area contributed by atoms with E-state index in [1.54, 1.807) is 11.3 Å². The molecule has 1 aromatic rings. The molecule has 0 spiro atoms. The maximum Gasteiger partial charge on any atom is 0.191 e. The summed E-state index contributed by atoms with van der Waals surface area (Å²) in [4.78, 5) is 12.1. The number of aliphatic imine (C=N–C) groups is 1. The van der Waals surface area contributed by atoms with Crippen LogP contribution in [0.3, 0.4) is 0 Å². The SMILES string of the molecule is CCc1cnc(CCN=C(N)N(CC)CC)s1. The highest BCUT2D eigenvalue weighted by molar-refractivity contribution is 7.11. The lowest BCUT2D eigenvalue weighted by Gasteiger charge is -2.19. The Balaban J connectivity index is 2.42. The molecule has 2 N–H and O–H groups in total. The first-order chi connectivity index (χ1) is 8.21. The summed E-state index contributed by atoms with van der Waals surface area (Å²) in [6.45, 7) is 8.85. The monoisotopic (exact) mass is 254 g/mol. The summed E-state index contributed by atoms with van der Waals surface area (Å²) in [6, 6.07) is 0. The fourth-order valence-electron chi connectivity index (χ4n) is 1.54. The summed E-state index contributed by atoms with van der Waals surface area (Å²) in [5.41, 5.74) is 5.89. The van der Waals surface area contributed by atoms with E-state index in [0.717, 1.165) is 37.5 Å². The van der Waals surface area contributed by atoms with Crippen LogP contribution in [0.4, 0.5) is 0 Å². The van der Waals surface area contributed by atoms with E-state index in [9.17, 15) is 0 Å². The third-order valence-electron chi connectivity index (χ3n) is 2.64. The van der Waals surface area contributed by atoms with Crippen molar-refractivity contribution < 1.29 is 0 Å². The number of guanidine groups is 1. The van der Waals surface area contributed by atoms with E-state index in [-0.39, 0.29) is 0 Å². The molecule has 17 heavy (non-hydrogen) atoms. The van der Waals surface area contributed by atoms with E-state index in [1.165, 1.54) is 4.88 Å². The van der Waals surface area contributed by atoms with Gasteiger partial charge in [0.2, 0.25) is 0 Å². The number of rotatable bonds is 6. The number of aryl methyl sites for hydroxylation is 1. The van der Waals surface area contributed by atoms with Crippen LogP contribution in [0.15, 0.2) is 11.2 Å². The van der Waals surface area contributed by atoms with Gasteiger partial charge >= 0.3 is 0 Å². The zero-order valence-corrected chi connectivity index (χ0v) is 11.8. The Morgan fingerprint density at radius 3 is 2.65 bits per heavy atom. The number of hydrogen-bond acceptors (Lipinski definition) is 3. The average Bonchev–Trinajstić information content (AvgIpc) is 2.78. The average molecular weight is 254 g/mol. The van der Waals surface area contributed by atoms with Gasteiger partial charge in [0, 0.05) is 37.1 Å². The van der Waals surface area contributed by atoms with Crippen molar-refractivity contribution in [1.82, 2.24) is 9.88 Å². The van der Waals surface area contributed by atoms with E-state index in [1.807, 2.05) is 6.20 Å².